The van der Waals surface area contributed by atoms with E-state index in [0.717, 1.165) is 51.0 Å². The monoisotopic (exact) mass is 569 g/mol. The maximum atomic E-state index is 13.5. The molecule has 0 atom stereocenters. The highest BCUT2D eigenvalue weighted by Crippen LogP contribution is 2.30. The van der Waals surface area contributed by atoms with Gasteiger partial charge in [-0.3, -0.25) is 4.79 Å². The molecule has 0 saturated carbocycles. The van der Waals surface area contributed by atoms with E-state index >= 15 is 0 Å². The fourth-order valence-electron chi connectivity index (χ4n) is 4.52. The fourth-order valence-corrected chi connectivity index (χ4v) is 4.52. The van der Waals surface area contributed by atoms with E-state index in [9.17, 15) is 4.79 Å². The first kappa shape index (κ1) is 41.0. The third-order valence-corrected chi connectivity index (χ3v) is 6.44. The van der Waals surface area contributed by atoms with Gasteiger partial charge < -0.3 is 9.80 Å². The van der Waals surface area contributed by atoms with Crippen LogP contribution in [0.5, 0.6) is 0 Å². The zero-order valence-electron chi connectivity index (χ0n) is 29.8. The lowest BCUT2D eigenvalue weighted by atomic mass is 9.87. The van der Waals surface area contributed by atoms with Crippen LogP contribution >= 0.6 is 0 Å². The summed E-state index contributed by atoms with van der Waals surface area (Å²) in [6.07, 6.45) is 9.59. The van der Waals surface area contributed by atoms with Crippen LogP contribution in [0.1, 0.15) is 136 Å². The third-order valence-electron chi connectivity index (χ3n) is 6.44. The van der Waals surface area contributed by atoms with Crippen LogP contribution in [0.25, 0.3) is 5.57 Å². The van der Waals surface area contributed by atoms with Gasteiger partial charge in [0.1, 0.15) is 0 Å². The second-order valence-electron chi connectivity index (χ2n) is 12.5. The Balaban J connectivity index is 0. The van der Waals surface area contributed by atoms with Gasteiger partial charge in [-0.2, -0.15) is 0 Å². The Morgan fingerprint density at radius 2 is 1.32 bits per heavy atom. The molecule has 0 unspecified atom stereocenters. The number of likely N-dealkylation sites (N-methyl/N-ethyl adjacent to an activating group) is 1. The van der Waals surface area contributed by atoms with E-state index in [-0.39, 0.29) is 5.91 Å². The maximum absolute atomic E-state index is 13.5. The van der Waals surface area contributed by atoms with E-state index in [1.807, 2.05) is 11.8 Å². The van der Waals surface area contributed by atoms with Crippen LogP contribution < -0.4 is 0 Å². The highest BCUT2D eigenvalue weighted by Gasteiger charge is 2.24. The Bertz CT molecular complexity index is 922. The zero-order chi connectivity index (χ0) is 32.1. The van der Waals surface area contributed by atoms with Crippen molar-refractivity contribution in [2.75, 3.05) is 33.2 Å². The Morgan fingerprint density at radius 1 is 0.854 bits per heavy atom. The molecule has 0 spiro atoms. The van der Waals surface area contributed by atoms with Crippen molar-refractivity contribution in [1.29, 1.82) is 0 Å². The molecule has 1 amide bonds. The van der Waals surface area contributed by atoms with Gasteiger partial charge in [-0.25, -0.2) is 0 Å². The molecule has 1 aliphatic heterocycles. The number of benzene rings is 1. The molecule has 2 rings (SSSR count). The summed E-state index contributed by atoms with van der Waals surface area (Å²) in [5.74, 6) is 1.38. The van der Waals surface area contributed by atoms with E-state index in [2.05, 4.69) is 120 Å². The smallest absolute Gasteiger partial charge is 0.254 e. The summed E-state index contributed by atoms with van der Waals surface area (Å²) < 4.78 is 0. The van der Waals surface area contributed by atoms with Gasteiger partial charge in [-0.1, -0.05) is 98.9 Å². The summed E-state index contributed by atoms with van der Waals surface area (Å²) in [6.45, 7) is 35.2. The molecule has 0 radical (unpaired) electrons. The van der Waals surface area contributed by atoms with Gasteiger partial charge in [-0.05, 0) is 99.7 Å². The molecule has 3 heteroatoms. The summed E-state index contributed by atoms with van der Waals surface area (Å²) in [6, 6.07) is 4.53. The number of hydrogen-bond acceptors (Lipinski definition) is 2. The number of nitrogens with zero attached hydrogens (tertiary/aromatic N) is 2. The van der Waals surface area contributed by atoms with Gasteiger partial charge in [0, 0.05) is 31.7 Å². The van der Waals surface area contributed by atoms with Crippen molar-refractivity contribution in [1.82, 2.24) is 9.80 Å². The molecule has 1 aromatic carbocycles. The summed E-state index contributed by atoms with van der Waals surface area (Å²) in [5, 5.41) is 0. The second-order valence-corrected chi connectivity index (χ2v) is 12.5. The molecule has 41 heavy (non-hydrogen) atoms. The number of carbonyl (C=O) groups excluding carboxylic acids is 1. The van der Waals surface area contributed by atoms with Crippen LogP contribution in [0.4, 0.5) is 0 Å². The first-order valence-electron chi connectivity index (χ1n) is 16.3. The van der Waals surface area contributed by atoms with E-state index in [1.54, 1.807) is 6.08 Å². The highest BCUT2D eigenvalue weighted by atomic mass is 16.2. The number of amides is 1. The van der Waals surface area contributed by atoms with Crippen LogP contribution in [0.2, 0.25) is 0 Å². The van der Waals surface area contributed by atoms with Crippen LogP contribution in [0.3, 0.4) is 0 Å². The minimum absolute atomic E-state index is 0.206. The van der Waals surface area contributed by atoms with Gasteiger partial charge in [0.2, 0.25) is 0 Å². The predicted molar refractivity (Wildman–Crippen MR) is 187 cm³/mol. The second kappa shape index (κ2) is 23.4. The molecule has 0 aliphatic carbocycles. The maximum Gasteiger partial charge on any atom is 0.254 e. The molecular formula is C38H68N2O. The van der Waals surface area contributed by atoms with E-state index in [1.165, 1.54) is 46.3 Å². The number of carbonyl (C=O) groups is 1. The lowest BCUT2D eigenvalue weighted by molar-refractivity contribution is 0.0663. The molecule has 1 heterocycles. The average molecular weight is 569 g/mol. The largest absolute Gasteiger partial charge is 0.336 e. The van der Waals surface area contributed by atoms with Crippen molar-refractivity contribution in [2.45, 2.75) is 122 Å². The Labute approximate surface area is 257 Å². The third kappa shape index (κ3) is 16.8. The lowest BCUT2D eigenvalue weighted by Gasteiger charge is -2.33. The van der Waals surface area contributed by atoms with Crippen molar-refractivity contribution < 1.29 is 4.79 Å². The Morgan fingerprint density at radius 3 is 1.71 bits per heavy atom. The highest BCUT2D eigenvalue weighted by molar-refractivity contribution is 5.96. The molecule has 1 saturated heterocycles. The van der Waals surface area contributed by atoms with Crippen molar-refractivity contribution in [3.63, 3.8) is 0 Å². The van der Waals surface area contributed by atoms with Crippen LogP contribution in [-0.2, 0) is 12.8 Å². The van der Waals surface area contributed by atoms with Crippen LogP contribution in [0.15, 0.2) is 42.0 Å². The van der Waals surface area contributed by atoms with Crippen molar-refractivity contribution in [2.24, 2.45) is 11.8 Å². The van der Waals surface area contributed by atoms with Gasteiger partial charge in [-0.15, -0.1) is 6.58 Å². The van der Waals surface area contributed by atoms with Gasteiger partial charge in [0.05, 0.1) is 0 Å². The first-order valence-corrected chi connectivity index (χ1v) is 16.3. The van der Waals surface area contributed by atoms with Crippen LogP contribution in [0, 0.1) is 11.8 Å². The Kier molecular flexibility index (Phi) is 23.4. The number of aryl methyl sites for hydroxylation is 1. The average Bonchev–Trinajstić information content (AvgIpc) is 2.88. The normalized spacial score (nSPS) is 13.4. The summed E-state index contributed by atoms with van der Waals surface area (Å²) in [5.41, 5.74) is 8.84. The molecule has 3 nitrogen and oxygen atoms in total. The molecule has 0 aromatic heterocycles. The fraction of sp³-hybridized carbons (Fsp3) is 0.658. The molecule has 0 bridgehead atoms. The molecule has 1 aromatic rings. The standard InChI is InChI=1S/C29H46N2O.2C3H8.C3H6/c1-10-24-18-27(23(8)17-25(22(6)7)15-20(2)3)26(16-21(4)5)19-28(24)29(32)31-13-11-30(9)12-14-31;3*1-3-2/h17-21H,10-16H2,1-9H3;2*3H2,1-2H3;3H,1H2,2H3/b23-17+;;;. The quantitative estimate of drug-likeness (QED) is 0.230. The number of piperazine rings is 1. The summed E-state index contributed by atoms with van der Waals surface area (Å²) >= 11 is 0. The van der Waals surface area contributed by atoms with Crippen LogP contribution in [-0.4, -0.2) is 48.9 Å². The van der Waals surface area contributed by atoms with E-state index in [0.29, 0.717) is 11.8 Å². The van der Waals surface area contributed by atoms with Gasteiger partial charge in [0.25, 0.3) is 5.91 Å². The molecule has 1 fully saturated rings. The Hall–Kier alpha value is -2.13. The summed E-state index contributed by atoms with van der Waals surface area (Å²) in [7, 11) is 2.13. The SMILES string of the molecule is C=CC.CCC.CCC.CCc1cc(/C(C)=C/C(CC(C)C)=C(C)C)c(CC(C)C)cc1C(=O)N1CCN(C)CC1. The molecular weight excluding hydrogens is 500 g/mol. The summed E-state index contributed by atoms with van der Waals surface area (Å²) in [4.78, 5) is 17.8. The minimum atomic E-state index is 0.206. The van der Waals surface area contributed by atoms with E-state index in [4.69, 9.17) is 0 Å². The molecule has 1 aliphatic rings. The van der Waals surface area contributed by atoms with Crippen molar-refractivity contribution in [3.8, 4) is 0 Å². The first-order chi connectivity index (χ1) is 19.3. The van der Waals surface area contributed by atoms with Crippen molar-refractivity contribution in [3.05, 3.63) is 64.3 Å². The number of hydrogen-bond donors (Lipinski definition) is 0. The van der Waals surface area contributed by atoms with Crippen molar-refractivity contribution >= 4 is 11.5 Å². The molecule has 0 N–H and O–H groups in total. The molecule has 236 valence electrons. The minimum Gasteiger partial charge on any atom is -0.336 e. The topological polar surface area (TPSA) is 23.6 Å². The number of rotatable bonds is 8. The lowest BCUT2D eigenvalue weighted by Crippen LogP contribution is -2.47. The zero-order valence-corrected chi connectivity index (χ0v) is 29.8. The van der Waals surface area contributed by atoms with Gasteiger partial charge >= 0.3 is 0 Å². The predicted octanol–water partition coefficient (Wildman–Crippen LogP) is 10.6. The van der Waals surface area contributed by atoms with E-state index < -0.39 is 0 Å². The number of allylic oxidation sites excluding steroid dienone is 5. The van der Waals surface area contributed by atoms with Gasteiger partial charge in [0.15, 0.2) is 0 Å².